The van der Waals surface area contributed by atoms with Crippen LogP contribution in [0.15, 0.2) is 42.0 Å². The van der Waals surface area contributed by atoms with Gasteiger partial charge in [-0.3, -0.25) is 0 Å². The molecule has 76 valence electrons. The molecule has 0 bridgehead atoms. The first-order valence-corrected chi connectivity index (χ1v) is 7.37. The van der Waals surface area contributed by atoms with Gasteiger partial charge in [-0.2, -0.15) is 0 Å². The first-order valence-electron chi connectivity index (χ1n) is 4.76. The van der Waals surface area contributed by atoms with Crippen molar-refractivity contribution >= 4 is 12.6 Å². The number of rotatable bonds is 1. The van der Waals surface area contributed by atoms with Gasteiger partial charge >= 0.3 is 0 Å². The lowest BCUT2D eigenvalue weighted by atomic mass is 10.3. The zero-order valence-electron chi connectivity index (χ0n) is 8.70. The van der Waals surface area contributed by atoms with Gasteiger partial charge < -0.3 is 24.0 Å². The minimum absolute atomic E-state index is 0. The maximum Gasteiger partial charge on any atom is 0.0943 e. The van der Waals surface area contributed by atoms with Crippen molar-refractivity contribution in [3.8, 4) is 0 Å². The van der Waals surface area contributed by atoms with Crippen LogP contribution in [0.2, 0.25) is 0 Å². The van der Waals surface area contributed by atoms with E-state index in [0.717, 1.165) is 0 Å². The summed E-state index contributed by atoms with van der Waals surface area (Å²) in [5.41, 5.74) is 1.58. The molecule has 0 spiro atoms. The van der Waals surface area contributed by atoms with Gasteiger partial charge in [-0.15, -0.1) is 0 Å². The molecule has 1 aromatic carbocycles. The van der Waals surface area contributed by atoms with E-state index in [1.165, 1.54) is 12.3 Å². The molecule has 0 fully saturated rings. The van der Waals surface area contributed by atoms with Crippen LogP contribution in [0.5, 0.6) is 0 Å². The Morgan fingerprint density at radius 2 is 1.79 bits per heavy atom. The van der Waals surface area contributed by atoms with Gasteiger partial charge in [0.25, 0.3) is 0 Å². The molecular formula is C12H16IP. The van der Waals surface area contributed by atoms with Crippen LogP contribution >= 0.6 is 7.26 Å². The Morgan fingerprint density at radius 1 is 1.14 bits per heavy atom. The number of hydrogen-bond donors (Lipinski definition) is 0. The van der Waals surface area contributed by atoms with Gasteiger partial charge in [0, 0.05) is 0 Å². The van der Waals surface area contributed by atoms with Crippen LogP contribution in [-0.4, -0.2) is 19.0 Å². The van der Waals surface area contributed by atoms with E-state index in [1.54, 1.807) is 10.9 Å². The van der Waals surface area contributed by atoms with E-state index in [2.05, 4.69) is 50.0 Å². The maximum absolute atomic E-state index is 2.47. The number of benzene rings is 1. The van der Waals surface area contributed by atoms with Crippen molar-refractivity contribution < 1.29 is 24.0 Å². The molecule has 0 saturated carbocycles. The first kappa shape index (κ1) is 12.2. The second kappa shape index (κ2) is 4.76. The lowest BCUT2D eigenvalue weighted by molar-refractivity contribution is -0.00000280. The molecule has 1 atom stereocenters. The average Bonchev–Trinajstić information content (AvgIpc) is 2.49. The molecule has 2 heteroatoms. The molecule has 1 unspecified atom stereocenters. The summed E-state index contributed by atoms with van der Waals surface area (Å²) in [5.74, 6) is 0. The van der Waals surface area contributed by atoms with Crippen molar-refractivity contribution in [1.29, 1.82) is 0 Å². The minimum Gasteiger partial charge on any atom is -1.00 e. The van der Waals surface area contributed by atoms with Crippen LogP contribution < -0.4 is 29.3 Å². The van der Waals surface area contributed by atoms with Crippen molar-refractivity contribution in [2.24, 2.45) is 0 Å². The van der Waals surface area contributed by atoms with Crippen LogP contribution in [-0.2, 0) is 0 Å². The molecule has 0 N–H and O–H groups in total. The van der Waals surface area contributed by atoms with Gasteiger partial charge in [0.2, 0.25) is 0 Å². The Labute approximate surface area is 104 Å². The largest absolute Gasteiger partial charge is 1.00 e. The fourth-order valence-electron chi connectivity index (χ4n) is 2.02. The number of allylic oxidation sites excluding steroid dienone is 2. The van der Waals surface area contributed by atoms with Gasteiger partial charge in [0.15, 0.2) is 0 Å². The molecule has 0 aromatic heterocycles. The first-order chi connectivity index (χ1) is 6.21. The Hall–Kier alpha value is 0.120. The van der Waals surface area contributed by atoms with Crippen LogP contribution in [0.4, 0.5) is 0 Å². The lowest BCUT2D eigenvalue weighted by Crippen LogP contribution is -3.00. The molecule has 0 aliphatic carbocycles. The monoisotopic (exact) mass is 318 g/mol. The normalized spacial score (nSPS) is 25.4. The fourth-order valence-corrected chi connectivity index (χ4v) is 5.38. The summed E-state index contributed by atoms with van der Waals surface area (Å²) < 4.78 is 0. The molecule has 1 aromatic rings. The van der Waals surface area contributed by atoms with Crippen molar-refractivity contribution in [2.75, 3.05) is 19.0 Å². The maximum atomic E-state index is 2.47. The molecule has 0 radical (unpaired) electrons. The van der Waals surface area contributed by atoms with E-state index in [1.807, 2.05) is 0 Å². The van der Waals surface area contributed by atoms with Gasteiger partial charge in [-0.1, -0.05) is 18.2 Å². The van der Waals surface area contributed by atoms with Crippen molar-refractivity contribution in [3.63, 3.8) is 0 Å². The topological polar surface area (TPSA) is 0 Å². The summed E-state index contributed by atoms with van der Waals surface area (Å²) >= 11 is 0. The van der Waals surface area contributed by atoms with E-state index < -0.39 is 7.26 Å². The molecule has 1 aliphatic heterocycles. The van der Waals surface area contributed by atoms with Gasteiger partial charge in [-0.25, -0.2) is 0 Å². The predicted molar refractivity (Wildman–Crippen MR) is 62.4 cm³/mol. The van der Waals surface area contributed by atoms with Crippen molar-refractivity contribution in [2.45, 2.75) is 6.92 Å². The number of halogens is 1. The van der Waals surface area contributed by atoms with Crippen molar-refractivity contribution in [3.05, 3.63) is 42.0 Å². The number of hydrogen-bond acceptors (Lipinski definition) is 0. The smallest absolute Gasteiger partial charge is 0.0943 e. The van der Waals surface area contributed by atoms with Gasteiger partial charge in [0.1, 0.15) is 0 Å². The van der Waals surface area contributed by atoms with E-state index in [9.17, 15) is 0 Å². The standard InChI is InChI=1S/C12H16P.HI/c1-11-8-9-13(2,10-11)12-6-4-3-5-7-12;/h3-8H,9-10H2,1-2H3;1H/q+1;/p-1. The van der Waals surface area contributed by atoms with Gasteiger partial charge in [0.05, 0.1) is 31.6 Å². The molecule has 14 heavy (non-hydrogen) atoms. The average molecular weight is 318 g/mol. The summed E-state index contributed by atoms with van der Waals surface area (Å²) in [7, 11) is -0.821. The molecule has 0 amide bonds. The van der Waals surface area contributed by atoms with Crippen LogP contribution in [0.3, 0.4) is 0 Å². The zero-order valence-corrected chi connectivity index (χ0v) is 11.8. The summed E-state index contributed by atoms with van der Waals surface area (Å²) in [5, 5.41) is 1.59. The quantitative estimate of drug-likeness (QED) is 0.386. The lowest BCUT2D eigenvalue weighted by Gasteiger charge is -2.16. The Balaban J connectivity index is 0.000000980. The highest BCUT2D eigenvalue weighted by molar-refractivity contribution is 7.82. The fraction of sp³-hybridized carbons (Fsp3) is 0.333. The van der Waals surface area contributed by atoms with Crippen LogP contribution in [0.25, 0.3) is 0 Å². The third-order valence-corrected chi connectivity index (χ3v) is 6.55. The second-order valence-electron chi connectivity index (χ2n) is 4.12. The van der Waals surface area contributed by atoms with Crippen LogP contribution in [0, 0.1) is 0 Å². The van der Waals surface area contributed by atoms with Crippen molar-refractivity contribution in [1.82, 2.24) is 0 Å². The Morgan fingerprint density at radius 3 is 2.29 bits per heavy atom. The Bertz CT molecular complexity index is 331. The van der Waals surface area contributed by atoms with E-state index in [4.69, 9.17) is 0 Å². The summed E-state index contributed by atoms with van der Waals surface area (Å²) in [6, 6.07) is 11.0. The Kier molecular flexibility index (Phi) is 4.15. The van der Waals surface area contributed by atoms with E-state index in [-0.39, 0.29) is 24.0 Å². The summed E-state index contributed by atoms with van der Waals surface area (Å²) in [6.07, 6.45) is 5.06. The highest BCUT2D eigenvalue weighted by atomic mass is 127. The third kappa shape index (κ3) is 2.38. The second-order valence-corrected chi connectivity index (χ2v) is 8.11. The SMILES string of the molecule is CC1=CC[P+](C)(c2ccccc2)C1.[I-]. The zero-order chi connectivity index (χ0) is 9.31. The van der Waals surface area contributed by atoms with E-state index in [0.29, 0.717) is 0 Å². The molecule has 0 nitrogen and oxygen atoms in total. The highest BCUT2D eigenvalue weighted by Gasteiger charge is 2.37. The summed E-state index contributed by atoms with van der Waals surface area (Å²) in [4.78, 5) is 0. The summed E-state index contributed by atoms with van der Waals surface area (Å²) in [6.45, 7) is 4.73. The molecule has 1 aliphatic rings. The van der Waals surface area contributed by atoms with E-state index >= 15 is 0 Å². The van der Waals surface area contributed by atoms with Crippen LogP contribution in [0.1, 0.15) is 6.92 Å². The minimum atomic E-state index is -0.821. The molecular weight excluding hydrogens is 302 g/mol. The van der Waals surface area contributed by atoms with Gasteiger partial charge in [-0.05, 0) is 30.7 Å². The predicted octanol–water partition coefficient (Wildman–Crippen LogP) is -0.0768. The molecule has 0 saturated heterocycles. The highest BCUT2D eigenvalue weighted by Crippen LogP contribution is 2.58. The third-order valence-electron chi connectivity index (χ3n) is 2.82. The molecule has 2 rings (SSSR count). The molecule has 1 heterocycles.